The predicted molar refractivity (Wildman–Crippen MR) is 87.0 cm³/mol. The topological polar surface area (TPSA) is 52.6 Å². The Labute approximate surface area is 141 Å². The highest BCUT2D eigenvalue weighted by molar-refractivity contribution is 6.09. The third-order valence-corrected chi connectivity index (χ3v) is 7.06. The first-order chi connectivity index (χ1) is 11.3. The van der Waals surface area contributed by atoms with Crippen LogP contribution >= 0.6 is 0 Å². The van der Waals surface area contributed by atoms with Crippen LogP contribution in [-0.4, -0.2) is 29.1 Å². The van der Waals surface area contributed by atoms with Gasteiger partial charge >= 0.3 is 5.97 Å². The van der Waals surface area contributed by atoms with E-state index in [-0.39, 0.29) is 29.7 Å². The van der Waals surface area contributed by atoms with E-state index < -0.39 is 16.6 Å². The Hall–Kier alpha value is -1.68. The molecule has 126 valence electrons. The van der Waals surface area contributed by atoms with Crippen LogP contribution in [0.25, 0.3) is 0 Å². The molecule has 0 aromatic heterocycles. The van der Waals surface area contributed by atoms with E-state index in [2.05, 4.69) is 12.7 Å². The molecule has 24 heavy (non-hydrogen) atoms. The van der Waals surface area contributed by atoms with Crippen LogP contribution in [0.3, 0.4) is 0 Å². The number of carbonyl (C=O) groups excluding carboxylic acids is 2. The zero-order valence-corrected chi connectivity index (χ0v) is 14.3. The fourth-order valence-electron chi connectivity index (χ4n) is 6.55. The van der Waals surface area contributed by atoms with E-state index in [1.54, 1.807) is 0 Å². The second-order valence-corrected chi connectivity index (χ2v) is 8.37. The van der Waals surface area contributed by atoms with Crippen molar-refractivity contribution in [2.75, 3.05) is 0 Å². The number of hydrogen-bond acceptors (Lipinski definition) is 4. The van der Waals surface area contributed by atoms with Crippen molar-refractivity contribution in [2.45, 2.75) is 57.3 Å². The minimum absolute atomic E-state index is 0.0447. The quantitative estimate of drug-likeness (QED) is 0.549. The first-order valence-corrected chi connectivity index (χ1v) is 8.78. The van der Waals surface area contributed by atoms with Crippen molar-refractivity contribution in [1.29, 1.82) is 0 Å². The van der Waals surface area contributed by atoms with E-state index in [1.165, 1.54) is 0 Å². The number of ketones is 1. The normalized spacial score (nSPS) is 50.9. The lowest BCUT2D eigenvalue weighted by atomic mass is 9.60. The molecule has 2 bridgehead atoms. The van der Waals surface area contributed by atoms with Crippen LogP contribution in [0.5, 0.6) is 0 Å². The van der Waals surface area contributed by atoms with Gasteiger partial charge in [0.1, 0.15) is 17.1 Å². The molecule has 0 aromatic rings. The molecule has 3 heterocycles. The van der Waals surface area contributed by atoms with Gasteiger partial charge < -0.3 is 9.47 Å². The van der Waals surface area contributed by atoms with Gasteiger partial charge in [-0.1, -0.05) is 17.7 Å². The maximum absolute atomic E-state index is 13.4. The monoisotopic (exact) mass is 326 g/mol. The van der Waals surface area contributed by atoms with Gasteiger partial charge in [0.05, 0.1) is 5.92 Å². The van der Waals surface area contributed by atoms with Crippen LogP contribution in [0.1, 0.15) is 40.0 Å². The van der Waals surface area contributed by atoms with E-state index >= 15 is 0 Å². The van der Waals surface area contributed by atoms with Gasteiger partial charge in [0.2, 0.25) is 0 Å². The summed E-state index contributed by atoms with van der Waals surface area (Å²) in [6, 6.07) is 0. The maximum Gasteiger partial charge on any atom is 0.316 e. The third kappa shape index (κ3) is 1.21. The summed E-state index contributed by atoms with van der Waals surface area (Å²) >= 11 is 0. The van der Waals surface area contributed by atoms with Crippen LogP contribution in [-0.2, 0) is 19.1 Å². The van der Waals surface area contributed by atoms with Gasteiger partial charge in [-0.05, 0) is 51.3 Å². The molecular formula is C20H22O4. The molecule has 5 aliphatic rings. The summed E-state index contributed by atoms with van der Waals surface area (Å²) in [7, 11) is 0. The lowest BCUT2D eigenvalue weighted by Gasteiger charge is -2.43. The second-order valence-electron chi connectivity index (χ2n) is 8.37. The molecule has 4 heteroatoms. The number of esters is 1. The Balaban J connectivity index is 1.88. The molecule has 0 amide bonds. The summed E-state index contributed by atoms with van der Waals surface area (Å²) in [5.41, 5.74) is 0.104. The highest BCUT2D eigenvalue weighted by Crippen LogP contribution is 2.74. The smallest absolute Gasteiger partial charge is 0.316 e. The number of Topliss-reactive ketones (excluding diaryl/α,β-unsaturated/α-hetero) is 1. The van der Waals surface area contributed by atoms with Crippen LogP contribution < -0.4 is 0 Å². The van der Waals surface area contributed by atoms with Gasteiger partial charge in [-0.25, -0.2) is 0 Å². The Kier molecular flexibility index (Phi) is 2.40. The standard InChI is InChI=1S/C20H22O4/c1-10(2)13-5-6-19-15-14(23-17(19)22)7-11(3)8-18(15)9-12(4)16(21)20(13,19)24-18/h8-9,13-15H,1,5-7H2,2-4H3. The first-order valence-electron chi connectivity index (χ1n) is 8.78. The molecule has 3 fully saturated rings. The first kappa shape index (κ1) is 14.6. The summed E-state index contributed by atoms with van der Waals surface area (Å²) in [6.07, 6.45) is 6.01. The molecule has 1 saturated carbocycles. The molecular weight excluding hydrogens is 304 g/mol. The fraction of sp³-hybridized carbons (Fsp3) is 0.600. The summed E-state index contributed by atoms with van der Waals surface area (Å²) in [6.45, 7) is 9.96. The summed E-state index contributed by atoms with van der Waals surface area (Å²) in [4.78, 5) is 26.5. The molecule has 0 radical (unpaired) electrons. The highest BCUT2D eigenvalue weighted by Gasteiger charge is 2.86. The molecule has 3 aliphatic heterocycles. The van der Waals surface area contributed by atoms with E-state index in [4.69, 9.17) is 9.47 Å². The van der Waals surface area contributed by atoms with Crippen molar-refractivity contribution < 1.29 is 19.1 Å². The van der Waals surface area contributed by atoms with Gasteiger partial charge in [-0.2, -0.15) is 0 Å². The minimum Gasteiger partial charge on any atom is -0.461 e. The highest BCUT2D eigenvalue weighted by atomic mass is 16.6. The van der Waals surface area contributed by atoms with Gasteiger partial charge in [-0.15, -0.1) is 0 Å². The molecule has 2 saturated heterocycles. The maximum atomic E-state index is 13.4. The van der Waals surface area contributed by atoms with Gasteiger partial charge in [0.25, 0.3) is 0 Å². The van der Waals surface area contributed by atoms with Crippen molar-refractivity contribution in [3.05, 3.63) is 35.5 Å². The van der Waals surface area contributed by atoms with E-state index in [0.29, 0.717) is 12.0 Å². The van der Waals surface area contributed by atoms with Gasteiger partial charge in [0.15, 0.2) is 11.4 Å². The summed E-state index contributed by atoms with van der Waals surface area (Å²) in [5.74, 6) is -0.512. The Morgan fingerprint density at radius 1 is 1.29 bits per heavy atom. The zero-order chi connectivity index (χ0) is 17.1. The largest absolute Gasteiger partial charge is 0.461 e. The van der Waals surface area contributed by atoms with Crippen LogP contribution in [0, 0.1) is 17.3 Å². The molecule has 3 spiro atoms. The van der Waals surface area contributed by atoms with Crippen LogP contribution in [0.4, 0.5) is 0 Å². The SMILES string of the molecule is C=C(C)C1CCC23C(=O)OC4CC(C)=CC5(C=C(C)C(=O)C12O5)C43. The average molecular weight is 326 g/mol. The molecule has 5 rings (SSSR count). The molecule has 6 atom stereocenters. The lowest BCUT2D eigenvalue weighted by molar-refractivity contribution is -0.177. The van der Waals surface area contributed by atoms with Crippen molar-refractivity contribution in [1.82, 2.24) is 0 Å². The van der Waals surface area contributed by atoms with Crippen molar-refractivity contribution in [3.63, 3.8) is 0 Å². The number of rotatable bonds is 1. The zero-order valence-electron chi connectivity index (χ0n) is 14.3. The van der Waals surface area contributed by atoms with E-state index in [1.807, 2.05) is 26.8 Å². The summed E-state index contributed by atoms with van der Waals surface area (Å²) < 4.78 is 12.5. The minimum atomic E-state index is -1.13. The fourth-order valence-corrected chi connectivity index (χ4v) is 6.55. The molecule has 6 unspecified atom stereocenters. The van der Waals surface area contributed by atoms with Gasteiger partial charge in [-0.3, -0.25) is 9.59 Å². The Morgan fingerprint density at radius 2 is 2.04 bits per heavy atom. The van der Waals surface area contributed by atoms with Crippen LogP contribution in [0.15, 0.2) is 35.5 Å². The van der Waals surface area contributed by atoms with Gasteiger partial charge in [0, 0.05) is 12.3 Å². The second kappa shape index (κ2) is 3.93. The predicted octanol–water partition coefficient (Wildman–Crippen LogP) is 2.89. The number of hydrogen-bond donors (Lipinski definition) is 0. The van der Waals surface area contributed by atoms with Crippen molar-refractivity contribution in [2.24, 2.45) is 17.3 Å². The lowest BCUT2D eigenvalue weighted by Crippen LogP contribution is -2.57. The molecule has 4 nitrogen and oxygen atoms in total. The van der Waals surface area contributed by atoms with E-state index in [0.717, 1.165) is 24.0 Å². The summed E-state index contributed by atoms with van der Waals surface area (Å²) in [5, 5.41) is 0. The van der Waals surface area contributed by atoms with Crippen LogP contribution in [0.2, 0.25) is 0 Å². The van der Waals surface area contributed by atoms with Crippen molar-refractivity contribution >= 4 is 11.8 Å². The molecule has 0 aromatic carbocycles. The Morgan fingerprint density at radius 3 is 2.75 bits per heavy atom. The van der Waals surface area contributed by atoms with E-state index in [9.17, 15) is 9.59 Å². The molecule has 0 N–H and O–H groups in total. The molecule has 2 aliphatic carbocycles. The number of ether oxygens (including phenoxy) is 2. The van der Waals surface area contributed by atoms with Crippen molar-refractivity contribution in [3.8, 4) is 0 Å². The average Bonchev–Trinajstić information content (AvgIpc) is 3.01. The Bertz CT molecular complexity index is 789. The third-order valence-electron chi connectivity index (χ3n) is 7.06. The number of carbonyl (C=O) groups is 2.